The molecule has 0 spiro atoms. The van der Waals surface area contributed by atoms with Gasteiger partial charge in [0.25, 0.3) is 0 Å². The van der Waals surface area contributed by atoms with Gasteiger partial charge in [0, 0.05) is 19.0 Å². The molecule has 1 nitrogen and oxygen atoms in total. The van der Waals surface area contributed by atoms with Crippen LogP contribution in [0.15, 0.2) is 18.2 Å². The van der Waals surface area contributed by atoms with Gasteiger partial charge in [-0.05, 0) is 36.0 Å². The summed E-state index contributed by atoms with van der Waals surface area (Å²) in [4.78, 5) is 0. The van der Waals surface area contributed by atoms with Crippen molar-refractivity contribution in [2.75, 3.05) is 12.4 Å². The minimum atomic E-state index is -0.798. The van der Waals surface area contributed by atoms with Gasteiger partial charge in [0.1, 0.15) is 0 Å². The highest BCUT2D eigenvalue weighted by Gasteiger charge is 2.30. The summed E-state index contributed by atoms with van der Waals surface area (Å²) < 4.78 is 25.9. The normalized spacial score (nSPS) is 18.5. The van der Waals surface area contributed by atoms with Gasteiger partial charge < -0.3 is 5.32 Å². The van der Waals surface area contributed by atoms with Crippen molar-refractivity contribution in [3.8, 4) is 0 Å². The van der Waals surface area contributed by atoms with Crippen LogP contribution in [0.3, 0.4) is 0 Å². The highest BCUT2D eigenvalue weighted by molar-refractivity contribution is 6.18. The van der Waals surface area contributed by atoms with Gasteiger partial charge in [-0.1, -0.05) is 25.3 Å². The van der Waals surface area contributed by atoms with Gasteiger partial charge in [0.15, 0.2) is 11.6 Å². The maximum absolute atomic E-state index is 13.1. The molecule has 19 heavy (non-hydrogen) atoms. The number of alkyl halides is 1. The summed E-state index contributed by atoms with van der Waals surface area (Å²) in [5.74, 6) is -0.921. The van der Waals surface area contributed by atoms with Crippen molar-refractivity contribution < 1.29 is 8.78 Å². The van der Waals surface area contributed by atoms with Crippen LogP contribution in [0.5, 0.6) is 0 Å². The van der Waals surface area contributed by atoms with Gasteiger partial charge in [-0.3, -0.25) is 0 Å². The van der Waals surface area contributed by atoms with Gasteiger partial charge in [0.2, 0.25) is 0 Å². The predicted molar refractivity (Wildman–Crippen MR) is 74.3 cm³/mol. The highest BCUT2D eigenvalue weighted by atomic mass is 35.5. The summed E-state index contributed by atoms with van der Waals surface area (Å²) >= 11 is 6.12. The molecule has 0 saturated heterocycles. The lowest BCUT2D eigenvalue weighted by molar-refractivity contribution is 0.212. The second kappa shape index (κ2) is 6.67. The first-order valence-corrected chi connectivity index (χ1v) is 7.39. The monoisotopic (exact) mass is 287 g/mol. The van der Waals surface area contributed by atoms with Crippen molar-refractivity contribution in [3.63, 3.8) is 0 Å². The minimum absolute atomic E-state index is 0.179. The lowest BCUT2D eigenvalue weighted by Crippen LogP contribution is -2.37. The van der Waals surface area contributed by atoms with Crippen LogP contribution in [0, 0.1) is 17.0 Å². The van der Waals surface area contributed by atoms with Gasteiger partial charge in [-0.25, -0.2) is 8.78 Å². The van der Waals surface area contributed by atoms with Crippen LogP contribution in [-0.4, -0.2) is 12.4 Å². The molecule has 0 amide bonds. The Balaban J connectivity index is 1.86. The quantitative estimate of drug-likeness (QED) is 0.799. The van der Waals surface area contributed by atoms with Crippen LogP contribution in [-0.2, 0) is 6.54 Å². The van der Waals surface area contributed by atoms with E-state index in [1.54, 1.807) is 6.07 Å². The Labute approximate surface area is 118 Å². The number of halogens is 3. The molecule has 1 fully saturated rings. The molecule has 0 heterocycles. The van der Waals surface area contributed by atoms with E-state index >= 15 is 0 Å². The molecule has 1 N–H and O–H groups in total. The smallest absolute Gasteiger partial charge is 0.159 e. The molecule has 1 aromatic rings. The lowest BCUT2D eigenvalue weighted by atomic mass is 9.75. The summed E-state index contributed by atoms with van der Waals surface area (Å²) in [6, 6.07) is 4.03. The largest absolute Gasteiger partial charge is 0.312 e. The number of hydrogen-bond acceptors (Lipinski definition) is 1. The summed E-state index contributed by atoms with van der Waals surface area (Å²) in [6.07, 6.45) is 6.07. The number of benzene rings is 1. The van der Waals surface area contributed by atoms with Crippen LogP contribution >= 0.6 is 11.6 Å². The van der Waals surface area contributed by atoms with Crippen molar-refractivity contribution in [2.24, 2.45) is 5.41 Å². The maximum atomic E-state index is 13.1. The lowest BCUT2D eigenvalue weighted by Gasteiger charge is -2.35. The Morgan fingerprint density at radius 2 is 1.84 bits per heavy atom. The van der Waals surface area contributed by atoms with E-state index in [1.807, 2.05) is 0 Å². The predicted octanol–water partition coefficient (Wildman–Crippen LogP) is 4.24. The standard InChI is InChI=1S/C15H20ClF2N/c16-10-15(6-2-1-3-7-15)11-19-9-12-4-5-13(17)14(18)8-12/h4-5,8,19H,1-3,6-7,9-11H2. The van der Waals surface area contributed by atoms with Gasteiger partial charge in [0.05, 0.1) is 0 Å². The van der Waals surface area contributed by atoms with Crippen LogP contribution in [0.25, 0.3) is 0 Å². The second-order valence-corrected chi connectivity index (χ2v) is 5.81. The Hall–Kier alpha value is -0.670. The van der Waals surface area contributed by atoms with E-state index < -0.39 is 11.6 Å². The molecule has 0 radical (unpaired) electrons. The van der Waals surface area contributed by atoms with Crippen molar-refractivity contribution in [1.29, 1.82) is 0 Å². The first-order valence-electron chi connectivity index (χ1n) is 6.86. The molecule has 1 aliphatic carbocycles. The van der Waals surface area contributed by atoms with Crippen LogP contribution in [0.4, 0.5) is 8.78 Å². The van der Waals surface area contributed by atoms with Crippen molar-refractivity contribution in [2.45, 2.75) is 38.6 Å². The zero-order valence-electron chi connectivity index (χ0n) is 11.0. The molecule has 0 bridgehead atoms. The Morgan fingerprint density at radius 1 is 1.11 bits per heavy atom. The third-order valence-corrected chi connectivity index (χ3v) is 4.58. The third-order valence-electron chi connectivity index (χ3n) is 4.01. The minimum Gasteiger partial charge on any atom is -0.312 e. The number of hydrogen-bond donors (Lipinski definition) is 1. The topological polar surface area (TPSA) is 12.0 Å². The van der Waals surface area contributed by atoms with Crippen LogP contribution < -0.4 is 5.32 Å². The summed E-state index contributed by atoms with van der Waals surface area (Å²) in [6.45, 7) is 1.39. The Morgan fingerprint density at radius 3 is 2.47 bits per heavy atom. The van der Waals surface area contributed by atoms with Gasteiger partial charge in [-0.2, -0.15) is 0 Å². The molecule has 4 heteroatoms. The van der Waals surface area contributed by atoms with Gasteiger partial charge in [-0.15, -0.1) is 11.6 Å². The fourth-order valence-corrected chi connectivity index (χ4v) is 3.14. The fraction of sp³-hybridized carbons (Fsp3) is 0.600. The van der Waals surface area contributed by atoms with E-state index in [9.17, 15) is 8.78 Å². The van der Waals surface area contributed by atoms with E-state index in [0.29, 0.717) is 12.4 Å². The highest BCUT2D eigenvalue weighted by Crippen LogP contribution is 2.36. The van der Waals surface area contributed by atoms with E-state index in [2.05, 4.69) is 5.32 Å². The molecule has 0 atom stereocenters. The fourth-order valence-electron chi connectivity index (χ4n) is 2.78. The first kappa shape index (κ1) is 14.7. The number of rotatable bonds is 5. The van der Waals surface area contributed by atoms with Crippen molar-refractivity contribution >= 4 is 11.6 Å². The molecule has 1 aromatic carbocycles. The Bertz CT molecular complexity index is 417. The van der Waals surface area contributed by atoms with E-state index in [-0.39, 0.29) is 5.41 Å². The summed E-state index contributed by atoms with van der Waals surface area (Å²) in [5.41, 5.74) is 0.942. The van der Waals surface area contributed by atoms with Crippen molar-refractivity contribution in [3.05, 3.63) is 35.4 Å². The van der Waals surface area contributed by atoms with Crippen molar-refractivity contribution in [1.82, 2.24) is 5.32 Å². The van der Waals surface area contributed by atoms with Crippen LogP contribution in [0.1, 0.15) is 37.7 Å². The SMILES string of the molecule is Fc1ccc(CNCC2(CCl)CCCCC2)cc1F. The average molecular weight is 288 g/mol. The van der Waals surface area contributed by atoms with Gasteiger partial charge >= 0.3 is 0 Å². The maximum Gasteiger partial charge on any atom is 0.159 e. The molecule has 0 aromatic heterocycles. The summed E-state index contributed by atoms with van der Waals surface area (Å²) in [7, 11) is 0. The zero-order chi connectivity index (χ0) is 13.7. The van der Waals surface area contributed by atoms with E-state index in [1.165, 1.54) is 31.4 Å². The summed E-state index contributed by atoms with van der Waals surface area (Å²) in [5, 5.41) is 3.34. The molecular formula is C15H20ClF2N. The average Bonchev–Trinajstić information content (AvgIpc) is 2.44. The molecular weight excluding hydrogens is 268 g/mol. The molecule has 1 saturated carbocycles. The molecule has 1 aliphatic rings. The second-order valence-electron chi connectivity index (χ2n) is 5.55. The number of nitrogens with one attached hydrogen (secondary N) is 1. The zero-order valence-corrected chi connectivity index (χ0v) is 11.8. The molecule has 0 unspecified atom stereocenters. The molecule has 2 rings (SSSR count). The van der Waals surface area contributed by atoms with E-state index in [4.69, 9.17) is 11.6 Å². The molecule has 106 valence electrons. The van der Waals surface area contributed by atoms with Crippen LogP contribution in [0.2, 0.25) is 0 Å². The third kappa shape index (κ3) is 3.90. The van der Waals surface area contributed by atoms with E-state index in [0.717, 1.165) is 24.9 Å². The first-order chi connectivity index (χ1) is 9.15. The Kier molecular flexibility index (Phi) is 5.17. The molecule has 0 aliphatic heterocycles.